The molecule has 28 heavy (non-hydrogen) atoms. The molecule has 2 atom stereocenters. The molecule has 1 fully saturated rings. The largest absolute Gasteiger partial charge is 0.491 e. The standard InChI is InChI=1S/C22H29N3O3/c1-27-11-12-28-19-9-7-17(8-10-19)13-24-22(26)16-25-14-20(21(23)15-25)18-5-3-2-4-6-18/h2-10,20-21H,11-16,23H2,1H3,(H,24,26)/t20-,21+/m0/s1. The summed E-state index contributed by atoms with van der Waals surface area (Å²) in [7, 11) is 1.65. The fourth-order valence-corrected chi connectivity index (χ4v) is 3.50. The lowest BCUT2D eigenvalue weighted by Crippen LogP contribution is -2.37. The van der Waals surface area contributed by atoms with Crippen molar-refractivity contribution < 1.29 is 14.3 Å². The van der Waals surface area contributed by atoms with Gasteiger partial charge in [0, 0.05) is 38.7 Å². The zero-order chi connectivity index (χ0) is 19.8. The number of nitrogens with two attached hydrogens (primary N) is 1. The number of nitrogens with one attached hydrogen (secondary N) is 1. The summed E-state index contributed by atoms with van der Waals surface area (Å²) in [6.07, 6.45) is 0. The van der Waals surface area contributed by atoms with Crippen molar-refractivity contribution in [3.05, 3.63) is 65.7 Å². The lowest BCUT2D eigenvalue weighted by molar-refractivity contribution is -0.122. The van der Waals surface area contributed by atoms with Crippen LogP contribution in [-0.2, 0) is 16.1 Å². The van der Waals surface area contributed by atoms with Crippen LogP contribution in [0, 0.1) is 0 Å². The van der Waals surface area contributed by atoms with E-state index in [9.17, 15) is 4.79 Å². The van der Waals surface area contributed by atoms with Gasteiger partial charge in [0.25, 0.3) is 0 Å². The Morgan fingerprint density at radius 1 is 1.11 bits per heavy atom. The number of ether oxygens (including phenoxy) is 2. The summed E-state index contributed by atoms with van der Waals surface area (Å²) < 4.78 is 10.5. The van der Waals surface area contributed by atoms with Crippen molar-refractivity contribution in [3.8, 4) is 5.75 Å². The molecule has 1 aliphatic rings. The molecule has 0 aromatic heterocycles. The Labute approximate surface area is 166 Å². The minimum Gasteiger partial charge on any atom is -0.491 e. The smallest absolute Gasteiger partial charge is 0.234 e. The van der Waals surface area contributed by atoms with Gasteiger partial charge in [-0.15, -0.1) is 0 Å². The van der Waals surface area contributed by atoms with Crippen LogP contribution in [0.5, 0.6) is 5.75 Å². The number of hydrogen-bond donors (Lipinski definition) is 2. The molecule has 0 bridgehead atoms. The van der Waals surface area contributed by atoms with Gasteiger partial charge in [0.1, 0.15) is 12.4 Å². The van der Waals surface area contributed by atoms with Gasteiger partial charge in [-0.1, -0.05) is 42.5 Å². The lowest BCUT2D eigenvalue weighted by atomic mass is 9.95. The van der Waals surface area contributed by atoms with Crippen LogP contribution in [0.4, 0.5) is 0 Å². The number of nitrogens with zero attached hydrogens (tertiary/aromatic N) is 1. The summed E-state index contributed by atoms with van der Waals surface area (Å²) in [4.78, 5) is 14.5. The predicted molar refractivity (Wildman–Crippen MR) is 109 cm³/mol. The molecule has 150 valence electrons. The molecule has 0 radical (unpaired) electrons. The highest BCUT2D eigenvalue weighted by Crippen LogP contribution is 2.25. The Hall–Kier alpha value is -2.41. The fraction of sp³-hybridized carbons (Fsp3) is 0.409. The van der Waals surface area contributed by atoms with Crippen LogP contribution >= 0.6 is 0 Å². The average molecular weight is 383 g/mol. The van der Waals surface area contributed by atoms with Crippen LogP contribution < -0.4 is 15.8 Å². The van der Waals surface area contributed by atoms with Gasteiger partial charge in [0.2, 0.25) is 5.91 Å². The van der Waals surface area contributed by atoms with Crippen molar-refractivity contribution >= 4 is 5.91 Å². The molecule has 0 saturated carbocycles. The average Bonchev–Trinajstić information content (AvgIpc) is 3.08. The lowest BCUT2D eigenvalue weighted by Gasteiger charge is -2.16. The van der Waals surface area contributed by atoms with Crippen molar-refractivity contribution in [1.29, 1.82) is 0 Å². The predicted octanol–water partition coefficient (Wildman–Crippen LogP) is 1.75. The van der Waals surface area contributed by atoms with Gasteiger partial charge in [0.05, 0.1) is 13.2 Å². The zero-order valence-electron chi connectivity index (χ0n) is 16.3. The Kier molecular flexibility index (Phi) is 7.42. The molecule has 3 N–H and O–H groups in total. The van der Waals surface area contributed by atoms with Crippen molar-refractivity contribution in [1.82, 2.24) is 10.2 Å². The number of carbonyl (C=O) groups is 1. The summed E-state index contributed by atoms with van der Waals surface area (Å²) in [5.74, 6) is 1.09. The van der Waals surface area contributed by atoms with Crippen LogP contribution in [0.1, 0.15) is 17.0 Å². The first-order valence-corrected chi connectivity index (χ1v) is 9.66. The highest BCUT2D eigenvalue weighted by molar-refractivity contribution is 5.78. The van der Waals surface area contributed by atoms with Crippen LogP contribution in [0.25, 0.3) is 0 Å². The summed E-state index contributed by atoms with van der Waals surface area (Å²) in [6.45, 7) is 3.50. The summed E-state index contributed by atoms with van der Waals surface area (Å²) in [5, 5.41) is 2.98. The van der Waals surface area contributed by atoms with Crippen LogP contribution in [-0.4, -0.2) is 56.8 Å². The van der Waals surface area contributed by atoms with Gasteiger partial charge in [-0.25, -0.2) is 0 Å². The van der Waals surface area contributed by atoms with E-state index in [4.69, 9.17) is 15.2 Å². The van der Waals surface area contributed by atoms with E-state index in [0.29, 0.717) is 26.3 Å². The third kappa shape index (κ3) is 5.79. The molecule has 6 heteroatoms. The third-order valence-electron chi connectivity index (χ3n) is 5.00. The topological polar surface area (TPSA) is 76.8 Å². The minimum absolute atomic E-state index is 0.0151. The molecule has 0 spiro atoms. The van der Waals surface area contributed by atoms with E-state index < -0.39 is 0 Å². The molecule has 0 aliphatic carbocycles. The van der Waals surface area contributed by atoms with Crippen LogP contribution in [0.3, 0.4) is 0 Å². The maximum atomic E-state index is 12.3. The maximum absolute atomic E-state index is 12.3. The van der Waals surface area contributed by atoms with E-state index >= 15 is 0 Å². The maximum Gasteiger partial charge on any atom is 0.234 e. The van der Waals surface area contributed by atoms with E-state index in [1.54, 1.807) is 7.11 Å². The van der Waals surface area contributed by atoms with Gasteiger partial charge < -0.3 is 20.5 Å². The highest BCUT2D eigenvalue weighted by Gasteiger charge is 2.31. The highest BCUT2D eigenvalue weighted by atomic mass is 16.5. The molecular formula is C22H29N3O3. The number of rotatable bonds is 9. The summed E-state index contributed by atoms with van der Waals surface area (Å²) in [5.41, 5.74) is 8.58. The molecule has 3 rings (SSSR count). The number of carbonyl (C=O) groups excluding carboxylic acids is 1. The van der Waals surface area contributed by atoms with Crippen LogP contribution in [0.15, 0.2) is 54.6 Å². The second-order valence-electron chi connectivity index (χ2n) is 7.14. The normalized spacial score (nSPS) is 19.5. The van der Waals surface area contributed by atoms with Crippen molar-refractivity contribution in [2.24, 2.45) is 5.73 Å². The van der Waals surface area contributed by atoms with E-state index in [-0.39, 0.29) is 17.9 Å². The van der Waals surface area contributed by atoms with E-state index in [1.165, 1.54) is 5.56 Å². The first-order valence-electron chi connectivity index (χ1n) is 9.66. The van der Waals surface area contributed by atoms with Crippen molar-refractivity contribution in [2.75, 3.05) is 40.0 Å². The second-order valence-corrected chi connectivity index (χ2v) is 7.14. The minimum atomic E-state index is 0.0151. The van der Waals surface area contributed by atoms with Crippen molar-refractivity contribution in [2.45, 2.75) is 18.5 Å². The van der Waals surface area contributed by atoms with E-state index in [1.807, 2.05) is 42.5 Å². The molecule has 6 nitrogen and oxygen atoms in total. The Morgan fingerprint density at radius 2 is 1.86 bits per heavy atom. The Morgan fingerprint density at radius 3 is 2.57 bits per heavy atom. The fourth-order valence-electron chi connectivity index (χ4n) is 3.50. The van der Waals surface area contributed by atoms with Gasteiger partial charge >= 0.3 is 0 Å². The second kappa shape index (κ2) is 10.2. The van der Waals surface area contributed by atoms with Gasteiger partial charge in [0.15, 0.2) is 0 Å². The molecule has 0 unspecified atom stereocenters. The van der Waals surface area contributed by atoms with E-state index in [2.05, 4.69) is 22.3 Å². The number of methoxy groups -OCH3 is 1. The Balaban J connectivity index is 1.42. The van der Waals surface area contributed by atoms with Gasteiger partial charge in [-0.05, 0) is 23.3 Å². The molecule has 1 amide bonds. The number of hydrogen-bond acceptors (Lipinski definition) is 5. The van der Waals surface area contributed by atoms with Crippen molar-refractivity contribution in [3.63, 3.8) is 0 Å². The third-order valence-corrected chi connectivity index (χ3v) is 5.00. The summed E-state index contributed by atoms with van der Waals surface area (Å²) >= 11 is 0. The zero-order valence-corrected chi connectivity index (χ0v) is 16.3. The first kappa shape index (κ1) is 20.3. The molecule has 1 heterocycles. The molecule has 2 aromatic carbocycles. The first-order chi connectivity index (χ1) is 13.7. The molecule has 1 aliphatic heterocycles. The SMILES string of the molecule is COCCOc1ccc(CNC(=O)CN2C[C@@H](N)[C@H](c3ccccc3)C2)cc1. The number of benzene rings is 2. The van der Waals surface area contributed by atoms with Gasteiger partial charge in [-0.3, -0.25) is 9.69 Å². The quantitative estimate of drug-likeness (QED) is 0.645. The monoisotopic (exact) mass is 383 g/mol. The number of likely N-dealkylation sites (tertiary alicyclic amines) is 1. The van der Waals surface area contributed by atoms with E-state index in [0.717, 1.165) is 24.4 Å². The van der Waals surface area contributed by atoms with Crippen LogP contribution in [0.2, 0.25) is 0 Å². The molecule has 2 aromatic rings. The molecule has 1 saturated heterocycles. The van der Waals surface area contributed by atoms with Gasteiger partial charge in [-0.2, -0.15) is 0 Å². The Bertz CT molecular complexity index is 736. The number of amides is 1. The molecular weight excluding hydrogens is 354 g/mol. The summed E-state index contributed by atoms with van der Waals surface area (Å²) in [6, 6.07) is 18.1.